The Bertz CT molecular complexity index is 878. The lowest BCUT2D eigenvalue weighted by atomic mass is 10.0. The summed E-state index contributed by atoms with van der Waals surface area (Å²) in [5.41, 5.74) is 0. The molecule has 0 aromatic carbocycles. The van der Waals surface area contributed by atoms with Gasteiger partial charge in [0, 0.05) is 15.6 Å². The standard InChI is InChI=1S/C39H71ClO4/c1-3-5-7-9-11-13-15-17-19-21-23-25-27-29-31-33-38(41)43-36-37(35-40)44-39(42)34-32-30-28-26-24-22-20-18-16-14-12-10-8-6-4-2/h11,13,17,19,37H,3-10,12,14-16,18,20-36H2,1-2H3/b13-11-,19-17-/i35D2,36D2,37D. The highest BCUT2D eigenvalue weighted by atomic mass is 35.5. The fraction of sp³-hybridized carbons (Fsp3) is 0.846. The first-order chi connectivity index (χ1) is 23.4. The third-order valence-electron chi connectivity index (χ3n) is 7.88. The number of rotatable bonds is 34. The molecule has 0 spiro atoms. The zero-order chi connectivity index (χ0) is 36.7. The lowest BCUT2D eigenvalue weighted by molar-refractivity contribution is -0.157. The van der Waals surface area contributed by atoms with E-state index in [1.54, 1.807) is 0 Å². The van der Waals surface area contributed by atoms with E-state index in [4.69, 9.17) is 27.9 Å². The van der Waals surface area contributed by atoms with Crippen molar-refractivity contribution >= 4 is 23.5 Å². The maximum Gasteiger partial charge on any atom is 0.306 e. The fourth-order valence-electron chi connectivity index (χ4n) is 5.10. The van der Waals surface area contributed by atoms with Crippen molar-refractivity contribution in [1.29, 1.82) is 0 Å². The van der Waals surface area contributed by atoms with Crippen LogP contribution in [0.3, 0.4) is 0 Å². The molecule has 44 heavy (non-hydrogen) atoms. The number of alkyl halides is 1. The normalized spacial score (nSPS) is 15.4. The van der Waals surface area contributed by atoms with Crippen LogP contribution in [0.1, 0.15) is 200 Å². The predicted molar refractivity (Wildman–Crippen MR) is 190 cm³/mol. The Balaban J connectivity index is 4.22. The summed E-state index contributed by atoms with van der Waals surface area (Å²) in [6, 6.07) is 0. The van der Waals surface area contributed by atoms with Gasteiger partial charge >= 0.3 is 11.9 Å². The zero-order valence-electron chi connectivity index (χ0n) is 33.6. The zero-order valence-corrected chi connectivity index (χ0v) is 29.4. The van der Waals surface area contributed by atoms with Gasteiger partial charge in [0.2, 0.25) is 0 Å². The molecule has 0 N–H and O–H groups in total. The maximum atomic E-state index is 12.5. The number of hydrogen-bond donors (Lipinski definition) is 0. The molecular weight excluding hydrogens is 568 g/mol. The molecule has 0 heterocycles. The average Bonchev–Trinajstić information content (AvgIpc) is 3.03. The Morgan fingerprint density at radius 3 is 1.45 bits per heavy atom. The summed E-state index contributed by atoms with van der Waals surface area (Å²) in [4.78, 5) is 24.9. The van der Waals surface area contributed by atoms with Crippen LogP contribution < -0.4 is 0 Å². The van der Waals surface area contributed by atoms with E-state index in [1.807, 2.05) is 0 Å². The molecule has 1 atom stereocenters. The van der Waals surface area contributed by atoms with Crippen molar-refractivity contribution in [1.82, 2.24) is 0 Å². The van der Waals surface area contributed by atoms with Gasteiger partial charge in [-0.05, 0) is 44.9 Å². The molecule has 0 aliphatic rings. The highest BCUT2D eigenvalue weighted by Gasteiger charge is 2.16. The third kappa shape index (κ3) is 33.6. The summed E-state index contributed by atoms with van der Waals surface area (Å²) >= 11 is 5.73. The van der Waals surface area contributed by atoms with Crippen LogP contribution in [0, 0.1) is 0 Å². The predicted octanol–water partition coefficient (Wildman–Crippen LogP) is 12.8. The van der Waals surface area contributed by atoms with Crippen LogP contribution in [0.2, 0.25) is 0 Å². The molecule has 0 aromatic heterocycles. The van der Waals surface area contributed by atoms with Crippen LogP contribution >= 0.6 is 11.6 Å². The molecule has 0 bridgehead atoms. The van der Waals surface area contributed by atoms with E-state index in [-0.39, 0.29) is 12.8 Å². The van der Waals surface area contributed by atoms with Crippen molar-refractivity contribution in [3.05, 3.63) is 24.3 Å². The summed E-state index contributed by atoms with van der Waals surface area (Å²) in [5, 5.41) is 0. The van der Waals surface area contributed by atoms with Gasteiger partial charge in [0.25, 0.3) is 0 Å². The van der Waals surface area contributed by atoms with Crippen molar-refractivity contribution in [3.8, 4) is 0 Å². The second-order valence-corrected chi connectivity index (χ2v) is 12.3. The molecule has 0 rings (SSSR count). The molecule has 0 radical (unpaired) electrons. The first-order valence-corrected chi connectivity index (χ1v) is 18.7. The average molecular weight is 644 g/mol. The van der Waals surface area contributed by atoms with Crippen molar-refractivity contribution in [2.75, 3.05) is 12.4 Å². The van der Waals surface area contributed by atoms with Crippen LogP contribution in [0.25, 0.3) is 0 Å². The number of carbonyl (C=O) groups excluding carboxylic acids is 2. The van der Waals surface area contributed by atoms with Gasteiger partial charge in [0.15, 0.2) is 0 Å². The van der Waals surface area contributed by atoms with Crippen LogP contribution in [-0.2, 0) is 19.1 Å². The summed E-state index contributed by atoms with van der Waals surface area (Å²) < 4.78 is 50.2. The Kier molecular flexibility index (Phi) is 28.0. The van der Waals surface area contributed by atoms with Gasteiger partial charge < -0.3 is 9.47 Å². The molecule has 0 saturated heterocycles. The third-order valence-corrected chi connectivity index (χ3v) is 8.05. The van der Waals surface area contributed by atoms with Gasteiger partial charge in [-0.3, -0.25) is 9.59 Å². The minimum absolute atomic E-state index is 0.0849. The number of hydrogen-bond acceptors (Lipinski definition) is 4. The number of allylic oxidation sites excluding steroid dienone is 4. The highest BCUT2D eigenvalue weighted by molar-refractivity contribution is 6.18. The first-order valence-electron chi connectivity index (χ1n) is 20.8. The van der Waals surface area contributed by atoms with Crippen LogP contribution in [0.4, 0.5) is 0 Å². The summed E-state index contributed by atoms with van der Waals surface area (Å²) in [6.07, 6.45) is 34.2. The Labute approximate surface area is 285 Å². The van der Waals surface area contributed by atoms with Gasteiger partial charge in [-0.1, -0.05) is 160 Å². The summed E-state index contributed by atoms with van der Waals surface area (Å²) in [7, 11) is 0. The van der Waals surface area contributed by atoms with E-state index in [0.717, 1.165) is 70.6 Å². The Morgan fingerprint density at radius 2 is 0.977 bits per heavy atom. The molecule has 0 fully saturated rings. The minimum atomic E-state index is -3.28. The van der Waals surface area contributed by atoms with Crippen molar-refractivity contribution in [2.45, 2.75) is 200 Å². The number of halogens is 1. The molecule has 1 unspecified atom stereocenters. The number of ether oxygens (including phenoxy) is 2. The van der Waals surface area contributed by atoms with E-state index in [1.165, 1.54) is 83.5 Å². The highest BCUT2D eigenvalue weighted by Crippen LogP contribution is 2.14. The summed E-state index contributed by atoms with van der Waals surface area (Å²) in [5.74, 6) is -5.00. The van der Waals surface area contributed by atoms with Crippen molar-refractivity contribution < 1.29 is 25.9 Å². The Hall–Kier alpha value is -1.29. The molecule has 4 nitrogen and oxygen atoms in total. The number of unbranched alkanes of at least 4 members (excludes halogenated alkanes) is 22. The molecule has 5 heteroatoms. The largest absolute Gasteiger partial charge is 0.462 e. The van der Waals surface area contributed by atoms with Gasteiger partial charge in [0.1, 0.15) is 12.6 Å². The molecule has 0 saturated carbocycles. The first kappa shape index (κ1) is 34.1. The minimum Gasteiger partial charge on any atom is -0.462 e. The SMILES string of the molecule is [2H]C([2H])(Cl)C([2H])(OC(=O)CCCCCCCCCCCCCCCCC)C([2H])([2H])OC(=O)CCCCCCC/C=C\C/C=C\CCCCC. The smallest absolute Gasteiger partial charge is 0.306 e. The van der Waals surface area contributed by atoms with Crippen molar-refractivity contribution in [3.63, 3.8) is 0 Å². The molecule has 0 aromatic rings. The van der Waals surface area contributed by atoms with Crippen molar-refractivity contribution in [2.24, 2.45) is 0 Å². The van der Waals surface area contributed by atoms with Crippen LogP contribution in [0.15, 0.2) is 24.3 Å². The Morgan fingerprint density at radius 1 is 0.591 bits per heavy atom. The quantitative estimate of drug-likeness (QED) is 0.0303. The fourth-order valence-corrected chi connectivity index (χ4v) is 5.18. The van der Waals surface area contributed by atoms with Gasteiger partial charge in [0.05, 0.1) is 9.94 Å². The van der Waals surface area contributed by atoms with E-state index in [0.29, 0.717) is 12.8 Å². The maximum absolute atomic E-state index is 12.5. The summed E-state index contributed by atoms with van der Waals surface area (Å²) in [6.45, 7) is 1.17. The van der Waals surface area contributed by atoms with Crippen LogP contribution in [0.5, 0.6) is 0 Å². The molecule has 258 valence electrons. The number of esters is 2. The molecule has 0 aliphatic heterocycles. The second kappa shape index (κ2) is 36.2. The van der Waals surface area contributed by atoms with Gasteiger partial charge in [-0.2, -0.15) is 0 Å². The van der Waals surface area contributed by atoms with Crippen LogP contribution in [-0.4, -0.2) is 30.4 Å². The second-order valence-electron chi connectivity index (χ2n) is 12.2. The molecule has 0 amide bonds. The van der Waals surface area contributed by atoms with E-state index >= 15 is 0 Å². The van der Waals surface area contributed by atoms with E-state index < -0.39 is 30.4 Å². The monoisotopic (exact) mass is 644 g/mol. The lowest BCUT2D eigenvalue weighted by Gasteiger charge is -2.15. The van der Waals surface area contributed by atoms with E-state index in [2.05, 4.69) is 38.2 Å². The van der Waals surface area contributed by atoms with Gasteiger partial charge in [-0.15, -0.1) is 11.6 Å². The topological polar surface area (TPSA) is 52.6 Å². The molecule has 0 aliphatic carbocycles. The van der Waals surface area contributed by atoms with E-state index in [9.17, 15) is 9.59 Å². The molecular formula is C39H71ClO4. The van der Waals surface area contributed by atoms with Gasteiger partial charge in [-0.25, -0.2) is 0 Å². The number of carbonyl (C=O) groups is 2. The lowest BCUT2D eigenvalue weighted by Crippen LogP contribution is -2.26.